The second-order valence-corrected chi connectivity index (χ2v) is 7.85. The van der Waals surface area contributed by atoms with E-state index in [1.165, 1.54) is 10.9 Å². The molecule has 3 heterocycles. The van der Waals surface area contributed by atoms with Gasteiger partial charge in [0, 0.05) is 19.6 Å². The van der Waals surface area contributed by atoms with E-state index in [1.54, 1.807) is 23.6 Å². The van der Waals surface area contributed by atoms with Crippen LogP contribution in [-0.4, -0.2) is 37.8 Å². The number of methoxy groups -OCH3 is 1. The Balaban J connectivity index is 1.80. The molecular formula is C20H17ClN6O3. The van der Waals surface area contributed by atoms with Crippen LogP contribution in [0.3, 0.4) is 0 Å². The molecule has 0 radical (unpaired) electrons. The van der Waals surface area contributed by atoms with Crippen LogP contribution in [0.2, 0.25) is 5.02 Å². The summed E-state index contributed by atoms with van der Waals surface area (Å²) in [5.74, 6) is 1.66. The molecule has 30 heavy (non-hydrogen) atoms. The van der Waals surface area contributed by atoms with Gasteiger partial charge in [0.1, 0.15) is 17.9 Å². The van der Waals surface area contributed by atoms with E-state index in [-0.39, 0.29) is 41.1 Å². The molecule has 10 heteroatoms. The Kier molecular flexibility index (Phi) is 4.34. The smallest absolute Gasteiger partial charge is 0.278 e. The first-order valence-electron chi connectivity index (χ1n) is 9.50. The minimum atomic E-state index is -0.342. The van der Waals surface area contributed by atoms with Gasteiger partial charge >= 0.3 is 0 Å². The Morgan fingerprint density at radius 1 is 1.40 bits per heavy atom. The Morgan fingerprint density at radius 2 is 2.20 bits per heavy atom. The number of imidazole rings is 1. The van der Waals surface area contributed by atoms with Crippen LogP contribution in [0.25, 0.3) is 28.1 Å². The maximum absolute atomic E-state index is 13.5. The molecule has 0 amide bonds. The van der Waals surface area contributed by atoms with Crippen LogP contribution < -0.4 is 5.56 Å². The number of fused-ring (bicyclic) bond motifs is 3. The van der Waals surface area contributed by atoms with Crippen molar-refractivity contribution in [1.82, 2.24) is 24.1 Å². The lowest BCUT2D eigenvalue weighted by Gasteiger charge is -2.14. The molecule has 1 aliphatic rings. The van der Waals surface area contributed by atoms with Gasteiger partial charge in [-0.1, -0.05) is 23.7 Å². The van der Waals surface area contributed by atoms with Gasteiger partial charge in [0.2, 0.25) is 0 Å². The van der Waals surface area contributed by atoms with Crippen molar-refractivity contribution in [3.05, 3.63) is 45.2 Å². The zero-order valence-corrected chi connectivity index (χ0v) is 17.0. The van der Waals surface area contributed by atoms with Crippen LogP contribution in [0.4, 0.5) is 0 Å². The molecule has 0 bridgehead atoms. The molecule has 1 aliphatic carbocycles. The summed E-state index contributed by atoms with van der Waals surface area (Å²) in [4.78, 5) is 22.4. The molecule has 0 spiro atoms. The largest absolute Gasteiger partial charge is 0.383 e. The van der Waals surface area contributed by atoms with Gasteiger partial charge in [0.05, 0.1) is 28.2 Å². The molecule has 9 nitrogen and oxygen atoms in total. The van der Waals surface area contributed by atoms with Crippen molar-refractivity contribution in [2.75, 3.05) is 13.7 Å². The topological polar surface area (TPSA) is 111 Å². The molecular weight excluding hydrogens is 408 g/mol. The molecule has 0 saturated heterocycles. The van der Waals surface area contributed by atoms with Crippen LogP contribution in [-0.2, 0) is 11.3 Å². The monoisotopic (exact) mass is 424 g/mol. The first kappa shape index (κ1) is 18.8. The number of hydrogen-bond donors (Lipinski definition) is 0. The van der Waals surface area contributed by atoms with Crippen LogP contribution in [0, 0.1) is 17.2 Å². The molecule has 1 fully saturated rings. The maximum Gasteiger partial charge on any atom is 0.278 e. The third kappa shape index (κ3) is 2.72. The third-order valence-electron chi connectivity index (χ3n) is 5.57. The number of nitriles is 1. The standard InChI is InChI=1S/C20H17ClN6O3/c1-10-7-11(10)18-24-19(30-25-18)15-17-20(28)26(5-6-29-2)16-12(8-22)13(21)3-4-14(16)27(17)9-23-15/h3-4,9-11H,5-7H2,1-2H3. The molecule has 1 saturated carbocycles. The number of aromatic nitrogens is 5. The Hall–Kier alpha value is -3.22. The van der Waals surface area contributed by atoms with Crippen molar-refractivity contribution in [2.24, 2.45) is 5.92 Å². The van der Waals surface area contributed by atoms with Gasteiger partial charge in [-0.15, -0.1) is 0 Å². The number of ether oxygens (including phenoxy) is 1. The molecule has 0 N–H and O–H groups in total. The quantitative estimate of drug-likeness (QED) is 0.484. The highest BCUT2D eigenvalue weighted by atomic mass is 35.5. The van der Waals surface area contributed by atoms with E-state index < -0.39 is 0 Å². The van der Waals surface area contributed by atoms with Crippen molar-refractivity contribution in [3.8, 4) is 17.7 Å². The maximum atomic E-state index is 13.5. The molecule has 152 valence electrons. The fraction of sp³-hybridized carbons (Fsp3) is 0.350. The van der Waals surface area contributed by atoms with E-state index in [0.717, 1.165) is 6.42 Å². The average molecular weight is 425 g/mol. The van der Waals surface area contributed by atoms with Gasteiger partial charge in [-0.05, 0) is 24.5 Å². The van der Waals surface area contributed by atoms with E-state index in [4.69, 9.17) is 20.9 Å². The Bertz CT molecular complexity index is 1400. The summed E-state index contributed by atoms with van der Waals surface area (Å²) in [5.41, 5.74) is 1.54. The second kappa shape index (κ2) is 6.93. The van der Waals surface area contributed by atoms with Crippen molar-refractivity contribution < 1.29 is 9.26 Å². The molecule has 5 rings (SSSR count). The molecule has 0 aliphatic heterocycles. The Labute approximate surface area is 175 Å². The predicted molar refractivity (Wildman–Crippen MR) is 108 cm³/mol. The second-order valence-electron chi connectivity index (χ2n) is 7.44. The number of hydrogen-bond acceptors (Lipinski definition) is 7. The van der Waals surface area contributed by atoms with Gasteiger partial charge in [-0.25, -0.2) is 4.98 Å². The lowest BCUT2D eigenvalue weighted by Crippen LogP contribution is -2.25. The van der Waals surface area contributed by atoms with Gasteiger partial charge in [-0.2, -0.15) is 10.2 Å². The van der Waals surface area contributed by atoms with E-state index in [0.29, 0.717) is 34.0 Å². The lowest BCUT2D eigenvalue weighted by molar-refractivity contribution is 0.187. The number of nitrogens with zero attached hydrogens (tertiary/aromatic N) is 6. The fourth-order valence-corrected chi connectivity index (χ4v) is 4.01. The Morgan fingerprint density at radius 3 is 2.90 bits per heavy atom. The molecule has 2 unspecified atom stereocenters. The van der Waals surface area contributed by atoms with Crippen molar-refractivity contribution in [1.29, 1.82) is 5.26 Å². The highest BCUT2D eigenvalue weighted by Gasteiger charge is 2.38. The molecule has 4 aromatic rings. The van der Waals surface area contributed by atoms with Gasteiger partial charge in [0.25, 0.3) is 11.4 Å². The van der Waals surface area contributed by atoms with Crippen LogP contribution >= 0.6 is 11.6 Å². The molecule has 2 atom stereocenters. The van der Waals surface area contributed by atoms with Crippen molar-refractivity contribution in [2.45, 2.75) is 25.8 Å². The number of benzene rings is 1. The van der Waals surface area contributed by atoms with Gasteiger partial charge in [-0.3, -0.25) is 9.20 Å². The van der Waals surface area contributed by atoms with E-state index in [1.807, 2.05) is 0 Å². The van der Waals surface area contributed by atoms with Gasteiger partial charge in [0.15, 0.2) is 11.5 Å². The highest BCUT2D eigenvalue weighted by Crippen LogP contribution is 2.45. The van der Waals surface area contributed by atoms with Crippen LogP contribution in [0.15, 0.2) is 27.8 Å². The van der Waals surface area contributed by atoms with Crippen molar-refractivity contribution in [3.63, 3.8) is 0 Å². The lowest BCUT2D eigenvalue weighted by atomic mass is 10.1. The minimum Gasteiger partial charge on any atom is -0.383 e. The first-order chi connectivity index (χ1) is 14.5. The summed E-state index contributed by atoms with van der Waals surface area (Å²) in [5, 5.41) is 14.0. The minimum absolute atomic E-state index is 0.204. The number of rotatable bonds is 5. The SMILES string of the molecule is COCCn1c(=O)c2c(-c3nc(C4CC4C)no3)ncn2c2ccc(Cl)c(C#N)c21. The van der Waals surface area contributed by atoms with Crippen LogP contribution in [0.1, 0.15) is 30.7 Å². The first-order valence-corrected chi connectivity index (χ1v) is 9.88. The summed E-state index contributed by atoms with van der Waals surface area (Å²) in [6.45, 7) is 2.66. The van der Waals surface area contributed by atoms with E-state index in [2.05, 4.69) is 28.1 Å². The predicted octanol–water partition coefficient (Wildman–Crippen LogP) is 2.99. The van der Waals surface area contributed by atoms with Crippen LogP contribution in [0.5, 0.6) is 0 Å². The fourth-order valence-electron chi connectivity index (χ4n) is 3.81. The number of halogens is 1. The highest BCUT2D eigenvalue weighted by molar-refractivity contribution is 6.32. The molecule has 1 aromatic carbocycles. The third-order valence-corrected chi connectivity index (χ3v) is 5.88. The van der Waals surface area contributed by atoms with Crippen molar-refractivity contribution >= 4 is 28.2 Å². The van der Waals surface area contributed by atoms with Gasteiger partial charge < -0.3 is 13.8 Å². The van der Waals surface area contributed by atoms with E-state index in [9.17, 15) is 10.1 Å². The zero-order valence-electron chi connectivity index (χ0n) is 16.3. The summed E-state index contributed by atoms with van der Waals surface area (Å²) in [6, 6.07) is 5.49. The normalized spacial score (nSPS) is 18.2. The molecule has 3 aromatic heterocycles. The average Bonchev–Trinajstić information content (AvgIpc) is 3.13. The summed E-state index contributed by atoms with van der Waals surface area (Å²) >= 11 is 6.24. The summed E-state index contributed by atoms with van der Waals surface area (Å²) in [6.07, 6.45) is 2.54. The summed E-state index contributed by atoms with van der Waals surface area (Å²) < 4.78 is 13.7. The summed E-state index contributed by atoms with van der Waals surface area (Å²) in [7, 11) is 1.55. The van der Waals surface area contributed by atoms with E-state index >= 15 is 0 Å². The zero-order chi connectivity index (χ0) is 21.0.